The Bertz CT molecular complexity index is 686. The van der Waals surface area contributed by atoms with Gasteiger partial charge in [-0.3, -0.25) is 0 Å². The summed E-state index contributed by atoms with van der Waals surface area (Å²) in [4.78, 5) is 11.2. The number of hydrogen-bond donors (Lipinski definition) is 2. The summed E-state index contributed by atoms with van der Waals surface area (Å²) in [5.41, 5.74) is 2.66. The molecule has 0 fully saturated rings. The van der Waals surface area contributed by atoms with E-state index in [1.165, 1.54) is 0 Å². The van der Waals surface area contributed by atoms with E-state index in [1.54, 1.807) is 31.2 Å². The van der Waals surface area contributed by atoms with Gasteiger partial charge in [0.2, 0.25) is 0 Å². The van der Waals surface area contributed by atoms with Crippen molar-refractivity contribution >= 4 is 34.9 Å². The van der Waals surface area contributed by atoms with Crippen LogP contribution in [0.5, 0.6) is 0 Å². The number of rotatable bonds is 4. The van der Waals surface area contributed by atoms with E-state index in [0.717, 1.165) is 11.3 Å². The van der Waals surface area contributed by atoms with Gasteiger partial charge in [0.25, 0.3) is 0 Å². The lowest BCUT2D eigenvalue weighted by atomic mass is 10.0. The zero-order chi connectivity index (χ0) is 15.6. The molecule has 0 aromatic heterocycles. The quantitative estimate of drug-likeness (QED) is 0.815. The van der Waals surface area contributed by atoms with Crippen molar-refractivity contribution in [3.63, 3.8) is 0 Å². The molecule has 0 aliphatic heterocycles. The van der Waals surface area contributed by atoms with Gasteiger partial charge in [-0.25, -0.2) is 4.79 Å². The molecule has 0 aliphatic carbocycles. The maximum atomic E-state index is 11.2. The highest BCUT2D eigenvalue weighted by atomic mass is 35.5. The molecule has 2 aromatic rings. The third-order valence-electron chi connectivity index (χ3n) is 3.37. The Morgan fingerprint density at radius 1 is 1.24 bits per heavy atom. The Hall–Kier alpha value is -1.71. The van der Waals surface area contributed by atoms with E-state index in [9.17, 15) is 4.79 Å². The normalized spacial score (nSPS) is 12.0. The molecular weight excluding hydrogens is 309 g/mol. The molecule has 0 radical (unpaired) electrons. The van der Waals surface area contributed by atoms with Gasteiger partial charge < -0.3 is 10.4 Å². The van der Waals surface area contributed by atoms with Gasteiger partial charge in [-0.1, -0.05) is 35.3 Å². The van der Waals surface area contributed by atoms with Crippen molar-refractivity contribution in [1.29, 1.82) is 0 Å². The summed E-state index contributed by atoms with van der Waals surface area (Å²) < 4.78 is 0. The molecule has 0 amide bonds. The van der Waals surface area contributed by atoms with Crippen molar-refractivity contribution in [1.82, 2.24) is 0 Å². The minimum atomic E-state index is -0.937. The summed E-state index contributed by atoms with van der Waals surface area (Å²) in [6.07, 6.45) is 0. The molecule has 0 saturated heterocycles. The molecule has 2 aromatic carbocycles. The number of carbonyl (C=O) groups is 1. The summed E-state index contributed by atoms with van der Waals surface area (Å²) >= 11 is 12.1. The Morgan fingerprint density at radius 3 is 2.57 bits per heavy atom. The van der Waals surface area contributed by atoms with Gasteiger partial charge in [0, 0.05) is 15.7 Å². The molecule has 0 bridgehead atoms. The highest BCUT2D eigenvalue weighted by Crippen LogP contribution is 2.30. The van der Waals surface area contributed by atoms with Gasteiger partial charge in [0.05, 0.1) is 11.6 Å². The summed E-state index contributed by atoms with van der Waals surface area (Å²) in [6.45, 7) is 3.74. The molecule has 2 rings (SSSR count). The van der Waals surface area contributed by atoms with Crippen LogP contribution in [0.4, 0.5) is 5.69 Å². The van der Waals surface area contributed by atoms with Crippen molar-refractivity contribution in [2.45, 2.75) is 19.9 Å². The lowest BCUT2D eigenvalue weighted by molar-refractivity contribution is 0.0696. The van der Waals surface area contributed by atoms with Crippen molar-refractivity contribution in [2.75, 3.05) is 5.32 Å². The van der Waals surface area contributed by atoms with Crippen molar-refractivity contribution in [3.8, 4) is 0 Å². The van der Waals surface area contributed by atoms with E-state index < -0.39 is 5.97 Å². The van der Waals surface area contributed by atoms with Gasteiger partial charge in [0.15, 0.2) is 0 Å². The predicted octanol–water partition coefficient (Wildman–Crippen LogP) is 5.17. The highest BCUT2D eigenvalue weighted by molar-refractivity contribution is 6.35. The molecule has 0 aliphatic rings. The predicted molar refractivity (Wildman–Crippen MR) is 86.6 cm³/mol. The summed E-state index contributed by atoms with van der Waals surface area (Å²) in [7, 11) is 0. The monoisotopic (exact) mass is 323 g/mol. The molecule has 3 nitrogen and oxygen atoms in total. The van der Waals surface area contributed by atoms with E-state index in [0.29, 0.717) is 15.6 Å². The van der Waals surface area contributed by atoms with Crippen molar-refractivity contribution in [3.05, 3.63) is 63.1 Å². The summed E-state index contributed by atoms with van der Waals surface area (Å²) in [5, 5.41) is 13.6. The van der Waals surface area contributed by atoms with E-state index >= 15 is 0 Å². The topological polar surface area (TPSA) is 49.3 Å². The number of nitrogens with one attached hydrogen (secondary N) is 1. The minimum Gasteiger partial charge on any atom is -0.478 e. The van der Waals surface area contributed by atoms with Crippen molar-refractivity contribution in [2.24, 2.45) is 0 Å². The Labute approximate surface area is 133 Å². The van der Waals surface area contributed by atoms with Crippen LogP contribution < -0.4 is 5.32 Å². The SMILES string of the molecule is Cc1c(NC(C)c2ccc(Cl)cc2Cl)cccc1C(=O)O. The Balaban J connectivity index is 2.29. The van der Waals surface area contributed by atoms with Crippen molar-refractivity contribution < 1.29 is 9.90 Å². The second-order valence-corrected chi connectivity index (χ2v) is 5.66. The molecule has 110 valence electrons. The van der Waals surface area contributed by atoms with Crippen LogP contribution in [0.15, 0.2) is 36.4 Å². The molecule has 2 N–H and O–H groups in total. The molecule has 5 heteroatoms. The maximum Gasteiger partial charge on any atom is 0.336 e. The maximum absolute atomic E-state index is 11.2. The first-order valence-electron chi connectivity index (χ1n) is 6.44. The van der Waals surface area contributed by atoms with E-state index in [-0.39, 0.29) is 11.6 Å². The van der Waals surface area contributed by atoms with Crippen LogP contribution in [0.25, 0.3) is 0 Å². The number of hydrogen-bond acceptors (Lipinski definition) is 2. The molecule has 0 saturated carbocycles. The average Bonchev–Trinajstić information content (AvgIpc) is 2.40. The van der Waals surface area contributed by atoms with Gasteiger partial charge in [-0.05, 0) is 49.2 Å². The number of anilines is 1. The van der Waals surface area contributed by atoms with Crippen LogP contribution in [0, 0.1) is 6.92 Å². The average molecular weight is 324 g/mol. The first-order valence-corrected chi connectivity index (χ1v) is 7.20. The molecule has 0 heterocycles. The van der Waals surface area contributed by atoms with Crippen LogP contribution in [-0.2, 0) is 0 Å². The molecule has 21 heavy (non-hydrogen) atoms. The fraction of sp³-hybridized carbons (Fsp3) is 0.188. The van der Waals surface area contributed by atoms with Gasteiger partial charge >= 0.3 is 5.97 Å². The second kappa shape index (κ2) is 6.37. The second-order valence-electron chi connectivity index (χ2n) is 4.82. The van der Waals surface area contributed by atoms with Crippen LogP contribution in [0.3, 0.4) is 0 Å². The molecular formula is C16H15Cl2NO2. The Morgan fingerprint density at radius 2 is 1.95 bits per heavy atom. The fourth-order valence-corrected chi connectivity index (χ4v) is 2.76. The molecule has 1 unspecified atom stereocenters. The van der Waals surface area contributed by atoms with E-state index in [2.05, 4.69) is 5.32 Å². The fourth-order valence-electron chi connectivity index (χ4n) is 2.19. The highest BCUT2D eigenvalue weighted by Gasteiger charge is 2.14. The Kier molecular flexibility index (Phi) is 4.76. The standard InChI is InChI=1S/C16H15Cl2NO2/c1-9-12(16(20)21)4-3-5-15(9)19-10(2)13-7-6-11(17)8-14(13)18/h3-8,10,19H,1-2H3,(H,20,21). The largest absolute Gasteiger partial charge is 0.478 e. The lowest BCUT2D eigenvalue weighted by Gasteiger charge is -2.19. The number of halogens is 2. The van der Waals surface area contributed by atoms with Gasteiger partial charge in [-0.2, -0.15) is 0 Å². The van der Waals surface area contributed by atoms with Gasteiger partial charge in [0.1, 0.15) is 0 Å². The minimum absolute atomic E-state index is 0.0717. The van der Waals surface area contributed by atoms with Crippen LogP contribution in [0.2, 0.25) is 10.0 Å². The third-order valence-corrected chi connectivity index (χ3v) is 3.93. The zero-order valence-electron chi connectivity index (χ0n) is 11.7. The van der Waals surface area contributed by atoms with E-state index in [1.807, 2.05) is 19.1 Å². The molecule has 0 spiro atoms. The first-order chi connectivity index (χ1) is 9.90. The lowest BCUT2D eigenvalue weighted by Crippen LogP contribution is -2.10. The number of benzene rings is 2. The number of carboxylic acids is 1. The third kappa shape index (κ3) is 3.49. The van der Waals surface area contributed by atoms with Gasteiger partial charge in [-0.15, -0.1) is 0 Å². The zero-order valence-corrected chi connectivity index (χ0v) is 13.2. The summed E-state index contributed by atoms with van der Waals surface area (Å²) in [6, 6.07) is 10.4. The first kappa shape index (κ1) is 15.7. The smallest absolute Gasteiger partial charge is 0.336 e. The number of aromatic carboxylic acids is 1. The van der Waals surface area contributed by atoms with Crippen LogP contribution >= 0.6 is 23.2 Å². The van der Waals surface area contributed by atoms with Crippen LogP contribution in [-0.4, -0.2) is 11.1 Å². The summed E-state index contributed by atoms with van der Waals surface area (Å²) in [5.74, 6) is -0.937. The number of carboxylic acid groups (broad SMARTS) is 1. The van der Waals surface area contributed by atoms with Crippen LogP contribution in [0.1, 0.15) is 34.5 Å². The molecule has 1 atom stereocenters. The van der Waals surface area contributed by atoms with E-state index in [4.69, 9.17) is 28.3 Å².